The Morgan fingerprint density at radius 2 is 0.472 bits per heavy atom. The van der Waals surface area contributed by atoms with Gasteiger partial charge in [-0.3, -0.25) is 0 Å². The predicted molar refractivity (Wildman–Crippen MR) is 450 cm³/mol. The number of rotatable bonds is 12. The number of nitrogens with zero attached hydrogens (tertiary/aromatic N) is 6. The van der Waals surface area contributed by atoms with Crippen molar-refractivity contribution in [2.45, 2.75) is 0 Å². The van der Waals surface area contributed by atoms with E-state index < -0.39 is 31.6 Å². The molecular weight excluding hydrogens is 1450 g/mol. The average Bonchev–Trinajstić information content (AvgIpc) is 1.11. The summed E-state index contributed by atoms with van der Waals surface area (Å²) in [6.07, 6.45) is 0. The summed E-state index contributed by atoms with van der Waals surface area (Å²) in [5.74, 6) is 0. The Hall–Kier alpha value is -13.0. The fourth-order valence-corrected chi connectivity index (χ4v) is 41.1. The maximum atomic E-state index is 7.92. The Kier molecular flexibility index (Phi) is 16.1. The molecule has 20 rings (SSSR count). The van der Waals surface area contributed by atoms with E-state index in [-0.39, 0.29) is 0 Å². The van der Waals surface area contributed by atoms with Gasteiger partial charge in [0.05, 0.1) is 0 Å². The third-order valence-corrected chi connectivity index (χ3v) is 45.2. The van der Waals surface area contributed by atoms with Crippen molar-refractivity contribution in [2.24, 2.45) is 0 Å². The van der Waals surface area contributed by atoms with Crippen LogP contribution < -0.4 is 31.9 Å². The van der Waals surface area contributed by atoms with Gasteiger partial charge in [-0.25, -0.2) is 0 Å². The molecule has 0 aliphatic rings. The van der Waals surface area contributed by atoms with Crippen LogP contribution in [-0.2, 0) is 0 Å². The monoisotopic (exact) mass is 1520 g/mol. The van der Waals surface area contributed by atoms with Crippen LogP contribution in [0.25, 0.3) is 120 Å². The van der Waals surface area contributed by atoms with Crippen molar-refractivity contribution in [1.82, 2.24) is 18.3 Å². The minimum atomic E-state index is -4.01. The molecule has 0 fully saturated rings. The zero-order chi connectivity index (χ0) is 70.7. The van der Waals surface area contributed by atoms with Crippen LogP contribution in [0.15, 0.2) is 400 Å². The first-order valence-corrected chi connectivity index (χ1v) is 45.9. The van der Waals surface area contributed by atoms with Crippen LogP contribution in [-0.4, -0.2) is 49.9 Å². The Balaban J connectivity index is 0.000000145. The third-order valence-electron chi connectivity index (χ3n) is 21.7. The van der Waals surface area contributed by atoms with Crippen LogP contribution in [0.5, 0.6) is 0 Å². The standard InChI is InChI=1S/C49H33GeN3.C30H19N2.C7H4N.2C6H5.Sn/c1-51-39-22-14-20-37(32-39)50(35-16-4-2-5-17-35,36-18-6-3-7-19-36)38-21-15-23-40(33-38)52-48-29-13-10-26-44(48)45-34-41(30-31-49(45)52)53-46-27-11-8-24-42(46)43-25-9-12-28-47(43)53;1-2-10-21(11-3-1)31-29-17-9-6-14-25(29)26-20-22(18-19-30(26)31)32-27-15-7-4-12-23(27)24-13-5-8-16-28(24)32;1-8-7-5-3-2-4-6-7;2*1-2-4-6-5-3-1;/h2-34H;1-2,4-20H;2-3,5-6H;2*1-5H;. The summed E-state index contributed by atoms with van der Waals surface area (Å²) in [4.78, 5) is 7.77. The van der Waals surface area contributed by atoms with Crippen LogP contribution in [0.3, 0.4) is 0 Å². The Morgan fingerprint density at radius 1 is 0.198 bits per heavy atom. The van der Waals surface area contributed by atoms with Gasteiger partial charge in [-0.1, -0.05) is 24.3 Å². The maximum absolute atomic E-state index is 7.92. The number of fused-ring (bicyclic) bond motifs is 12. The van der Waals surface area contributed by atoms with Crippen LogP contribution in [0, 0.1) is 13.1 Å². The summed E-state index contributed by atoms with van der Waals surface area (Å²) in [5, 5.41) is 9.92. The summed E-state index contributed by atoms with van der Waals surface area (Å²) in [5.41, 5.74) is 15.4. The van der Waals surface area contributed by atoms with Gasteiger partial charge in [-0.2, -0.15) is 0 Å². The molecule has 0 saturated heterocycles. The first-order valence-electron chi connectivity index (χ1n) is 35.9. The zero-order valence-electron chi connectivity index (χ0n) is 57.8. The third kappa shape index (κ3) is 10.4. The summed E-state index contributed by atoms with van der Waals surface area (Å²) in [7, 11) is 0. The van der Waals surface area contributed by atoms with E-state index in [1.807, 2.05) is 12.1 Å². The number of hydrogen-bond donors (Lipinski definition) is 0. The van der Waals surface area contributed by atoms with Crippen molar-refractivity contribution in [3.63, 3.8) is 0 Å². The van der Waals surface area contributed by atoms with Gasteiger partial charge in [0, 0.05) is 0 Å². The quantitative estimate of drug-likeness (QED) is 0.0862. The van der Waals surface area contributed by atoms with Gasteiger partial charge in [0.15, 0.2) is 0 Å². The average molecular weight is 1520 g/mol. The molecule has 20 aromatic rings. The second-order valence-electron chi connectivity index (χ2n) is 27.2. The molecule has 0 amide bonds. The SMILES string of the molecule is [C-]#[N+]c1ccc[c]([Ge]([c]2ccccc2)([c]2ccccc2)[c]2cccc(-n3c4ccccc4c4cc(-n5c6ccccc6c6ccccc65)ccc43)c2)c1.[C-]#[N+]c1ccc[c]([Sn]([c]2ccccc2)([c]2ccccc2)[c]2cccc(-n3c4ccccc4c4cc(-n5c6ccccc6c6ccccc65)ccc43)c2)c1. The number of aromatic nitrogens is 4. The van der Waals surface area contributed by atoms with Crippen molar-refractivity contribution >= 4 is 162 Å². The van der Waals surface area contributed by atoms with Crippen molar-refractivity contribution in [1.29, 1.82) is 0 Å². The Morgan fingerprint density at radius 3 is 0.877 bits per heavy atom. The molecule has 4 heterocycles. The molecule has 0 unspecified atom stereocenters. The van der Waals surface area contributed by atoms with Gasteiger partial charge >= 0.3 is 602 Å². The molecule has 0 aliphatic carbocycles. The first kappa shape index (κ1) is 63.9. The Bertz CT molecular complexity index is 6280. The topological polar surface area (TPSA) is 28.4 Å². The molecule has 16 aromatic carbocycles. The van der Waals surface area contributed by atoms with Gasteiger partial charge in [-0.05, 0) is 0 Å². The zero-order valence-corrected chi connectivity index (χ0v) is 62.7. The molecule has 0 bridgehead atoms. The van der Waals surface area contributed by atoms with Gasteiger partial charge in [0.2, 0.25) is 0 Å². The molecule has 0 spiro atoms. The summed E-state index contributed by atoms with van der Waals surface area (Å²) in [6.45, 7) is 15.8. The van der Waals surface area contributed by atoms with E-state index in [0.29, 0.717) is 11.4 Å². The normalized spacial score (nSPS) is 11.8. The molecule has 496 valence electrons. The number of para-hydroxylation sites is 6. The fraction of sp³-hybridized carbons (Fsp3) is 0. The molecule has 0 saturated carbocycles. The van der Waals surface area contributed by atoms with Crippen LogP contribution in [0.2, 0.25) is 0 Å². The van der Waals surface area contributed by atoms with E-state index in [4.69, 9.17) is 13.1 Å². The van der Waals surface area contributed by atoms with Gasteiger partial charge in [-0.15, -0.1) is 0 Å². The van der Waals surface area contributed by atoms with Crippen LogP contribution in [0.4, 0.5) is 11.4 Å². The number of benzene rings is 16. The van der Waals surface area contributed by atoms with E-state index in [1.165, 1.54) is 119 Å². The van der Waals surface area contributed by atoms with Crippen LogP contribution in [0.1, 0.15) is 0 Å². The molecule has 0 aliphatic heterocycles. The van der Waals surface area contributed by atoms with Crippen molar-refractivity contribution in [2.75, 3.05) is 0 Å². The van der Waals surface area contributed by atoms with E-state index in [9.17, 15) is 0 Å². The summed E-state index contributed by atoms with van der Waals surface area (Å²) < 4.78 is 20.2. The van der Waals surface area contributed by atoms with E-state index in [0.717, 1.165) is 22.7 Å². The first-order chi connectivity index (χ1) is 52.5. The molecule has 0 atom stereocenters. The van der Waals surface area contributed by atoms with Crippen molar-refractivity contribution < 1.29 is 0 Å². The Labute approximate surface area is 621 Å². The van der Waals surface area contributed by atoms with Crippen molar-refractivity contribution in [3.8, 4) is 22.7 Å². The van der Waals surface area contributed by atoms with Gasteiger partial charge < -0.3 is 0 Å². The molecule has 6 nitrogen and oxygen atoms in total. The molecule has 4 aromatic heterocycles. The summed E-state index contributed by atoms with van der Waals surface area (Å²) >= 11 is -7.67. The van der Waals surface area contributed by atoms with E-state index in [2.05, 4.69) is 416 Å². The number of hydrogen-bond acceptors (Lipinski definition) is 0. The van der Waals surface area contributed by atoms with E-state index >= 15 is 0 Å². The molecule has 0 N–H and O–H groups in total. The predicted octanol–water partition coefficient (Wildman–Crippen LogP) is 19.6. The van der Waals surface area contributed by atoms with Crippen molar-refractivity contribution in [3.05, 3.63) is 423 Å². The van der Waals surface area contributed by atoms with Gasteiger partial charge in [0.25, 0.3) is 0 Å². The molecule has 8 heteroatoms. The molecule has 106 heavy (non-hydrogen) atoms. The molecular formula is C98H66GeN6Sn. The fourth-order valence-electron chi connectivity index (χ4n) is 17.3. The van der Waals surface area contributed by atoms with E-state index in [1.54, 1.807) is 0 Å². The second kappa shape index (κ2) is 26.7. The summed E-state index contributed by atoms with van der Waals surface area (Å²) in [6, 6.07) is 145. The van der Waals surface area contributed by atoms with Crippen LogP contribution >= 0.6 is 0 Å². The second-order valence-corrected chi connectivity index (χ2v) is 46.1. The molecule has 0 radical (unpaired) electrons. The van der Waals surface area contributed by atoms with Gasteiger partial charge in [0.1, 0.15) is 0 Å². The minimum absolute atomic E-state index is 0.668.